The van der Waals surface area contributed by atoms with E-state index in [0.29, 0.717) is 5.82 Å². The van der Waals surface area contributed by atoms with Gasteiger partial charge in [-0.15, -0.1) is 0 Å². The number of imidazole rings is 1. The normalized spacial score (nSPS) is 13.4. The van der Waals surface area contributed by atoms with Gasteiger partial charge in [0.2, 0.25) is 0 Å². The van der Waals surface area contributed by atoms with Crippen molar-refractivity contribution < 1.29 is 9.53 Å². The molecular weight excluding hydrogens is 230 g/mol. The van der Waals surface area contributed by atoms with Gasteiger partial charge in [0.15, 0.2) is 5.69 Å². The van der Waals surface area contributed by atoms with E-state index >= 15 is 0 Å². The molecule has 0 amide bonds. The van der Waals surface area contributed by atoms with Gasteiger partial charge in [0, 0.05) is 12.5 Å². The Kier molecular flexibility index (Phi) is 4.04. The van der Waals surface area contributed by atoms with E-state index in [0.717, 1.165) is 12.2 Å². The molecule has 1 rings (SSSR count). The van der Waals surface area contributed by atoms with Gasteiger partial charge in [0.25, 0.3) is 0 Å². The lowest BCUT2D eigenvalue weighted by Gasteiger charge is -2.30. The Morgan fingerprint density at radius 2 is 2.06 bits per heavy atom. The minimum atomic E-state index is -0.484. The number of esters is 1. The number of hydrogen-bond acceptors (Lipinski definition) is 4. The molecule has 18 heavy (non-hydrogen) atoms. The lowest BCUT2D eigenvalue weighted by molar-refractivity contribution is 0.0595. The number of methoxy groups -OCH3 is 1. The number of carbonyl (C=O) groups excluding carboxylic acids is 1. The SMILES string of the molecule is CCc1nc(C(=O)OC)c(N)n1C(C)C(C)(C)C. The molecule has 0 bridgehead atoms. The van der Waals surface area contributed by atoms with Crippen LogP contribution in [0.4, 0.5) is 5.82 Å². The highest BCUT2D eigenvalue weighted by Gasteiger charge is 2.29. The summed E-state index contributed by atoms with van der Waals surface area (Å²) in [5, 5.41) is 0. The lowest BCUT2D eigenvalue weighted by atomic mass is 9.87. The van der Waals surface area contributed by atoms with Gasteiger partial charge in [-0.1, -0.05) is 27.7 Å². The van der Waals surface area contributed by atoms with Gasteiger partial charge in [-0.2, -0.15) is 0 Å². The maximum absolute atomic E-state index is 11.6. The second-order valence-corrected chi connectivity index (χ2v) is 5.52. The first-order valence-electron chi connectivity index (χ1n) is 6.18. The summed E-state index contributed by atoms with van der Waals surface area (Å²) in [5.41, 5.74) is 6.30. The van der Waals surface area contributed by atoms with Crippen LogP contribution >= 0.6 is 0 Å². The summed E-state index contributed by atoms with van der Waals surface area (Å²) >= 11 is 0. The van der Waals surface area contributed by atoms with Gasteiger partial charge in [-0.3, -0.25) is 0 Å². The maximum Gasteiger partial charge on any atom is 0.360 e. The Hall–Kier alpha value is -1.52. The number of anilines is 1. The third kappa shape index (κ3) is 2.49. The van der Waals surface area contributed by atoms with Crippen molar-refractivity contribution in [2.45, 2.75) is 47.1 Å². The number of aromatic nitrogens is 2. The lowest BCUT2D eigenvalue weighted by Crippen LogP contribution is -2.24. The van der Waals surface area contributed by atoms with Crippen LogP contribution < -0.4 is 5.73 Å². The predicted molar refractivity (Wildman–Crippen MR) is 71.5 cm³/mol. The Balaban J connectivity index is 3.35. The number of hydrogen-bond donors (Lipinski definition) is 1. The molecule has 2 N–H and O–H groups in total. The topological polar surface area (TPSA) is 70.1 Å². The van der Waals surface area contributed by atoms with Gasteiger partial charge in [-0.05, 0) is 12.3 Å². The maximum atomic E-state index is 11.6. The van der Waals surface area contributed by atoms with E-state index in [1.807, 2.05) is 11.5 Å². The molecule has 1 heterocycles. The van der Waals surface area contributed by atoms with Crippen LogP contribution in [0.5, 0.6) is 0 Å². The highest BCUT2D eigenvalue weighted by molar-refractivity contribution is 5.92. The summed E-state index contributed by atoms with van der Waals surface area (Å²) in [7, 11) is 1.33. The van der Waals surface area contributed by atoms with Gasteiger partial charge < -0.3 is 15.0 Å². The van der Waals surface area contributed by atoms with Crippen molar-refractivity contribution in [1.82, 2.24) is 9.55 Å². The second kappa shape index (κ2) is 5.00. The number of ether oxygens (including phenoxy) is 1. The van der Waals surface area contributed by atoms with Crippen molar-refractivity contribution in [3.05, 3.63) is 11.5 Å². The summed E-state index contributed by atoms with van der Waals surface area (Å²) in [6, 6.07) is 0.151. The van der Waals surface area contributed by atoms with E-state index in [9.17, 15) is 4.79 Å². The molecule has 0 aliphatic heterocycles. The number of nitrogens with zero attached hydrogens (tertiary/aromatic N) is 2. The zero-order chi connectivity index (χ0) is 14.1. The molecule has 0 aliphatic rings. The summed E-state index contributed by atoms with van der Waals surface area (Å²) < 4.78 is 6.64. The van der Waals surface area contributed by atoms with Crippen LogP contribution in [-0.2, 0) is 11.2 Å². The number of nitrogen functional groups attached to an aromatic ring is 1. The van der Waals surface area contributed by atoms with Crippen LogP contribution in [0.1, 0.15) is 57.0 Å². The quantitative estimate of drug-likeness (QED) is 0.840. The standard InChI is InChI=1S/C13H23N3O2/c1-7-9-15-10(12(17)18-6)11(14)16(9)8(2)13(3,4)5/h8H,7,14H2,1-6H3. The van der Waals surface area contributed by atoms with Crippen molar-refractivity contribution in [2.24, 2.45) is 5.41 Å². The molecule has 0 saturated heterocycles. The van der Waals surface area contributed by atoms with Crippen LogP contribution in [0, 0.1) is 5.41 Å². The highest BCUT2D eigenvalue weighted by atomic mass is 16.5. The molecule has 0 fully saturated rings. The zero-order valence-electron chi connectivity index (χ0n) is 12.1. The number of carbonyl (C=O) groups is 1. The smallest absolute Gasteiger partial charge is 0.360 e. The van der Waals surface area contributed by atoms with E-state index in [1.165, 1.54) is 7.11 Å². The van der Waals surface area contributed by atoms with E-state index in [-0.39, 0.29) is 17.2 Å². The molecule has 5 heteroatoms. The Morgan fingerprint density at radius 1 is 1.50 bits per heavy atom. The average Bonchev–Trinajstić information content (AvgIpc) is 2.63. The van der Waals surface area contributed by atoms with Crippen LogP contribution in [0.3, 0.4) is 0 Å². The van der Waals surface area contributed by atoms with Gasteiger partial charge in [-0.25, -0.2) is 9.78 Å². The summed E-state index contributed by atoms with van der Waals surface area (Å²) in [6.07, 6.45) is 0.724. The highest BCUT2D eigenvalue weighted by Crippen LogP contribution is 2.34. The largest absolute Gasteiger partial charge is 0.464 e. The molecule has 0 saturated carbocycles. The van der Waals surface area contributed by atoms with Crippen LogP contribution in [0.15, 0.2) is 0 Å². The van der Waals surface area contributed by atoms with Crippen LogP contribution in [-0.4, -0.2) is 22.6 Å². The van der Waals surface area contributed by atoms with Gasteiger partial charge >= 0.3 is 5.97 Å². The second-order valence-electron chi connectivity index (χ2n) is 5.52. The molecule has 0 aliphatic carbocycles. The fourth-order valence-corrected chi connectivity index (χ4v) is 1.81. The molecular formula is C13H23N3O2. The Labute approximate surface area is 108 Å². The summed E-state index contributed by atoms with van der Waals surface area (Å²) in [5.74, 6) is 0.721. The number of aryl methyl sites for hydroxylation is 1. The van der Waals surface area contributed by atoms with Crippen LogP contribution in [0.2, 0.25) is 0 Å². The van der Waals surface area contributed by atoms with E-state index in [2.05, 4.69) is 32.7 Å². The van der Waals surface area contributed by atoms with Crippen molar-refractivity contribution in [3.63, 3.8) is 0 Å². The molecule has 0 spiro atoms. The third-order valence-corrected chi connectivity index (χ3v) is 3.36. The first-order valence-corrected chi connectivity index (χ1v) is 6.18. The van der Waals surface area contributed by atoms with Gasteiger partial charge in [0.1, 0.15) is 11.6 Å². The Morgan fingerprint density at radius 3 is 2.44 bits per heavy atom. The molecule has 1 aromatic rings. The molecule has 0 radical (unpaired) electrons. The number of rotatable bonds is 3. The monoisotopic (exact) mass is 253 g/mol. The Bertz CT molecular complexity index is 444. The molecule has 102 valence electrons. The van der Waals surface area contributed by atoms with Crippen LogP contribution in [0.25, 0.3) is 0 Å². The van der Waals surface area contributed by atoms with Crippen molar-refractivity contribution >= 4 is 11.8 Å². The summed E-state index contributed by atoms with van der Waals surface area (Å²) in [4.78, 5) is 15.9. The van der Waals surface area contributed by atoms with E-state index in [1.54, 1.807) is 0 Å². The minimum Gasteiger partial charge on any atom is -0.464 e. The van der Waals surface area contributed by atoms with Crippen molar-refractivity contribution in [2.75, 3.05) is 12.8 Å². The molecule has 1 atom stereocenters. The first-order chi connectivity index (χ1) is 8.23. The first kappa shape index (κ1) is 14.5. The minimum absolute atomic E-state index is 0.0339. The number of nitrogens with two attached hydrogens (primary N) is 1. The zero-order valence-corrected chi connectivity index (χ0v) is 12.1. The molecule has 5 nitrogen and oxygen atoms in total. The third-order valence-electron chi connectivity index (χ3n) is 3.36. The van der Waals surface area contributed by atoms with Gasteiger partial charge in [0.05, 0.1) is 7.11 Å². The van der Waals surface area contributed by atoms with Crippen molar-refractivity contribution in [1.29, 1.82) is 0 Å². The van der Waals surface area contributed by atoms with E-state index in [4.69, 9.17) is 10.5 Å². The summed E-state index contributed by atoms with van der Waals surface area (Å²) in [6.45, 7) is 10.5. The molecule has 1 aromatic heterocycles. The fourth-order valence-electron chi connectivity index (χ4n) is 1.81. The fraction of sp³-hybridized carbons (Fsp3) is 0.692. The molecule has 1 unspecified atom stereocenters. The average molecular weight is 253 g/mol. The molecule has 0 aromatic carbocycles. The predicted octanol–water partition coefficient (Wildman–Crippen LogP) is 2.42. The van der Waals surface area contributed by atoms with E-state index < -0.39 is 5.97 Å². The van der Waals surface area contributed by atoms with Crippen molar-refractivity contribution in [3.8, 4) is 0 Å².